The van der Waals surface area contributed by atoms with Gasteiger partial charge in [0.05, 0.1) is 18.6 Å². The monoisotopic (exact) mass is 349 g/mol. The predicted octanol–water partition coefficient (Wildman–Crippen LogP) is 2.82. The highest BCUT2D eigenvalue weighted by molar-refractivity contribution is 5.75. The van der Waals surface area contributed by atoms with Crippen LogP contribution >= 0.6 is 0 Å². The number of nitrogens with zero attached hydrogens (tertiary/aromatic N) is 1. The Labute approximate surface area is 148 Å². The van der Waals surface area contributed by atoms with Gasteiger partial charge in [-0.2, -0.15) is 0 Å². The number of hydrogen-bond donors (Lipinski definition) is 1. The summed E-state index contributed by atoms with van der Waals surface area (Å²) >= 11 is 0. The molecule has 25 heavy (non-hydrogen) atoms. The number of ether oxygens (including phenoxy) is 2. The first-order valence-electron chi connectivity index (χ1n) is 8.53. The summed E-state index contributed by atoms with van der Waals surface area (Å²) in [6.07, 6.45) is -0.789. The van der Waals surface area contributed by atoms with Crippen molar-refractivity contribution in [3.05, 3.63) is 34.9 Å². The van der Waals surface area contributed by atoms with Crippen LogP contribution in [-0.2, 0) is 27.2 Å². The van der Waals surface area contributed by atoms with Gasteiger partial charge in [-0.05, 0) is 50.8 Å². The average molecular weight is 349 g/mol. The largest absolute Gasteiger partial charge is 0.466 e. The number of amides is 1. The van der Waals surface area contributed by atoms with Gasteiger partial charge in [0.2, 0.25) is 0 Å². The third-order valence-electron chi connectivity index (χ3n) is 4.06. The van der Waals surface area contributed by atoms with E-state index < -0.39 is 23.7 Å². The zero-order valence-corrected chi connectivity index (χ0v) is 15.5. The number of aliphatic hydroxyl groups is 1. The van der Waals surface area contributed by atoms with Gasteiger partial charge in [0.15, 0.2) is 0 Å². The lowest BCUT2D eigenvalue weighted by molar-refractivity contribution is -0.151. The van der Waals surface area contributed by atoms with Gasteiger partial charge >= 0.3 is 12.1 Å². The van der Waals surface area contributed by atoms with Crippen LogP contribution in [0.3, 0.4) is 0 Å². The van der Waals surface area contributed by atoms with Crippen LogP contribution in [0.25, 0.3) is 0 Å². The number of fused-ring (bicyclic) bond motifs is 1. The third-order valence-corrected chi connectivity index (χ3v) is 4.06. The molecule has 0 radical (unpaired) electrons. The zero-order chi connectivity index (χ0) is 18.8. The van der Waals surface area contributed by atoms with E-state index in [0.29, 0.717) is 19.6 Å². The van der Waals surface area contributed by atoms with E-state index in [9.17, 15) is 14.7 Å². The van der Waals surface area contributed by atoms with Crippen LogP contribution in [-0.4, -0.2) is 41.3 Å². The molecule has 2 rings (SSSR count). The minimum Gasteiger partial charge on any atom is -0.466 e. The van der Waals surface area contributed by atoms with Crippen molar-refractivity contribution in [1.82, 2.24) is 4.90 Å². The van der Waals surface area contributed by atoms with Gasteiger partial charge in [0.25, 0.3) is 0 Å². The van der Waals surface area contributed by atoms with Gasteiger partial charge in [0, 0.05) is 13.6 Å². The molecule has 0 saturated heterocycles. The number of aliphatic hydroxyl groups excluding tert-OH is 1. The van der Waals surface area contributed by atoms with E-state index >= 15 is 0 Å². The van der Waals surface area contributed by atoms with Crippen LogP contribution in [0.5, 0.6) is 0 Å². The van der Waals surface area contributed by atoms with Crippen molar-refractivity contribution in [3.8, 4) is 0 Å². The van der Waals surface area contributed by atoms with Crippen molar-refractivity contribution in [2.24, 2.45) is 5.92 Å². The van der Waals surface area contributed by atoms with Gasteiger partial charge in [-0.3, -0.25) is 4.79 Å². The molecule has 1 aromatic carbocycles. The molecular formula is C19H27NO5. The molecule has 0 bridgehead atoms. The molecule has 1 N–H and O–H groups in total. The molecule has 0 aromatic heterocycles. The Balaban J connectivity index is 2.07. The van der Waals surface area contributed by atoms with Crippen LogP contribution in [0.2, 0.25) is 0 Å². The van der Waals surface area contributed by atoms with Gasteiger partial charge in [-0.15, -0.1) is 0 Å². The maximum atomic E-state index is 12.1. The Morgan fingerprint density at radius 2 is 2.00 bits per heavy atom. The second kappa shape index (κ2) is 7.44. The fraction of sp³-hybridized carbons (Fsp3) is 0.579. The summed E-state index contributed by atoms with van der Waals surface area (Å²) in [5, 5.41) is 10.3. The topological polar surface area (TPSA) is 76.1 Å². The van der Waals surface area contributed by atoms with Crippen LogP contribution in [0.4, 0.5) is 4.79 Å². The van der Waals surface area contributed by atoms with Crippen molar-refractivity contribution < 1.29 is 24.2 Å². The fourth-order valence-electron chi connectivity index (χ4n) is 2.93. The van der Waals surface area contributed by atoms with E-state index in [1.54, 1.807) is 14.0 Å². The maximum Gasteiger partial charge on any atom is 0.410 e. The highest BCUT2D eigenvalue weighted by Gasteiger charge is 2.37. The van der Waals surface area contributed by atoms with Crippen LogP contribution in [0.15, 0.2) is 18.2 Å². The van der Waals surface area contributed by atoms with Crippen molar-refractivity contribution >= 4 is 12.1 Å². The summed E-state index contributed by atoms with van der Waals surface area (Å²) in [5.74, 6) is -0.938. The number of rotatable bonds is 4. The first kappa shape index (κ1) is 19.2. The third kappa shape index (κ3) is 4.72. The number of carbonyl (C=O) groups is 2. The molecule has 1 aliphatic carbocycles. The van der Waals surface area contributed by atoms with E-state index in [0.717, 1.165) is 16.7 Å². The molecule has 0 saturated carbocycles. The standard InChI is InChI=1S/C19H27NO5/c1-6-24-17(22)15-10-13-9-12(7-8-14(13)16(15)21)11-20(5)18(23)25-19(2,3)4/h7-9,15-16,21H,6,10-11H2,1-5H3/t15-,16+/m0/s1. The quantitative estimate of drug-likeness (QED) is 0.846. The van der Waals surface area contributed by atoms with E-state index in [1.165, 1.54) is 4.90 Å². The summed E-state index contributed by atoms with van der Waals surface area (Å²) < 4.78 is 10.4. The average Bonchev–Trinajstić information content (AvgIpc) is 2.82. The van der Waals surface area contributed by atoms with Crippen molar-refractivity contribution in [2.45, 2.75) is 52.4 Å². The van der Waals surface area contributed by atoms with Crippen molar-refractivity contribution in [1.29, 1.82) is 0 Å². The summed E-state index contributed by atoms with van der Waals surface area (Å²) in [5.41, 5.74) is 2.05. The molecule has 0 aliphatic heterocycles. The van der Waals surface area contributed by atoms with Crippen LogP contribution < -0.4 is 0 Å². The smallest absolute Gasteiger partial charge is 0.410 e. The molecule has 1 aromatic rings. The molecule has 1 aliphatic rings. The Bertz CT molecular complexity index is 650. The lowest BCUT2D eigenvalue weighted by Gasteiger charge is -2.24. The lowest BCUT2D eigenvalue weighted by Crippen LogP contribution is -2.33. The van der Waals surface area contributed by atoms with Gasteiger partial charge in [-0.1, -0.05) is 18.2 Å². The van der Waals surface area contributed by atoms with Crippen LogP contribution in [0, 0.1) is 5.92 Å². The Morgan fingerprint density at radius 3 is 2.60 bits per heavy atom. The molecule has 2 atom stereocenters. The lowest BCUT2D eigenvalue weighted by atomic mass is 10.0. The molecule has 138 valence electrons. The molecule has 0 spiro atoms. The predicted molar refractivity (Wildman–Crippen MR) is 92.9 cm³/mol. The summed E-state index contributed by atoms with van der Waals surface area (Å²) in [7, 11) is 1.68. The molecule has 1 amide bonds. The highest BCUT2D eigenvalue weighted by Crippen LogP contribution is 2.37. The van der Waals surface area contributed by atoms with Gasteiger partial charge in [0.1, 0.15) is 5.60 Å². The van der Waals surface area contributed by atoms with Gasteiger partial charge < -0.3 is 19.5 Å². The molecule has 0 heterocycles. The van der Waals surface area contributed by atoms with E-state index in [2.05, 4.69) is 0 Å². The number of esters is 1. The molecule has 6 heteroatoms. The minimum absolute atomic E-state index is 0.296. The highest BCUT2D eigenvalue weighted by atomic mass is 16.6. The molecule has 0 unspecified atom stereocenters. The van der Waals surface area contributed by atoms with Crippen LogP contribution in [0.1, 0.15) is 50.5 Å². The van der Waals surface area contributed by atoms with E-state index in [1.807, 2.05) is 39.0 Å². The second-order valence-electron chi connectivity index (χ2n) is 7.38. The maximum absolute atomic E-state index is 12.1. The number of carbonyl (C=O) groups excluding carboxylic acids is 2. The molecular weight excluding hydrogens is 322 g/mol. The minimum atomic E-state index is -0.841. The second-order valence-corrected chi connectivity index (χ2v) is 7.38. The first-order chi connectivity index (χ1) is 11.6. The fourth-order valence-corrected chi connectivity index (χ4v) is 2.93. The SMILES string of the molecule is CCOC(=O)[C@H]1Cc2cc(CN(C)C(=O)OC(C)(C)C)ccc2[C@H]1O. The Kier molecular flexibility index (Phi) is 5.72. The number of benzene rings is 1. The normalized spacial score (nSPS) is 19.3. The summed E-state index contributed by atoms with van der Waals surface area (Å²) in [4.78, 5) is 25.5. The zero-order valence-electron chi connectivity index (χ0n) is 15.5. The summed E-state index contributed by atoms with van der Waals surface area (Å²) in [6, 6.07) is 5.60. The van der Waals surface area contributed by atoms with E-state index in [-0.39, 0.29) is 5.97 Å². The summed E-state index contributed by atoms with van der Waals surface area (Å²) in [6.45, 7) is 7.91. The van der Waals surface area contributed by atoms with Crippen molar-refractivity contribution in [2.75, 3.05) is 13.7 Å². The van der Waals surface area contributed by atoms with Crippen molar-refractivity contribution in [3.63, 3.8) is 0 Å². The Hall–Kier alpha value is -2.08. The number of hydrogen-bond acceptors (Lipinski definition) is 5. The Morgan fingerprint density at radius 1 is 1.32 bits per heavy atom. The molecule has 6 nitrogen and oxygen atoms in total. The first-order valence-corrected chi connectivity index (χ1v) is 8.53. The van der Waals surface area contributed by atoms with Gasteiger partial charge in [-0.25, -0.2) is 4.79 Å². The molecule has 0 fully saturated rings. The van der Waals surface area contributed by atoms with E-state index in [4.69, 9.17) is 9.47 Å².